The molecule has 0 radical (unpaired) electrons. The van der Waals surface area contributed by atoms with Gasteiger partial charge in [0.15, 0.2) is 0 Å². The van der Waals surface area contributed by atoms with Gasteiger partial charge in [-0.1, -0.05) is 109 Å². The number of aromatic nitrogens is 1. The highest BCUT2D eigenvalue weighted by molar-refractivity contribution is 7.80. The van der Waals surface area contributed by atoms with Gasteiger partial charge in [-0.05, 0) is 49.7 Å². The summed E-state index contributed by atoms with van der Waals surface area (Å²) in [5.41, 5.74) is 5.05. The monoisotopic (exact) mass is 441 g/mol. The second-order valence-corrected chi connectivity index (χ2v) is 10.6. The predicted molar refractivity (Wildman–Crippen MR) is 144 cm³/mol. The minimum atomic E-state index is -0.719. The number of rotatable bonds is 4. The van der Waals surface area contributed by atoms with E-state index in [1.165, 1.54) is 49.0 Å². The Hall–Kier alpha value is -3.67. The fourth-order valence-corrected chi connectivity index (χ4v) is 7.30. The van der Waals surface area contributed by atoms with Crippen LogP contribution in [0.4, 0.5) is 0 Å². The van der Waals surface area contributed by atoms with Gasteiger partial charge in [-0.2, -0.15) is 0 Å². The van der Waals surface area contributed by atoms with E-state index in [4.69, 9.17) is 0 Å². The average molecular weight is 442 g/mol. The van der Waals surface area contributed by atoms with Crippen LogP contribution in [-0.2, 0) is 0 Å². The third kappa shape index (κ3) is 3.46. The van der Waals surface area contributed by atoms with Crippen molar-refractivity contribution in [3.8, 4) is 5.69 Å². The molecule has 0 saturated heterocycles. The van der Waals surface area contributed by atoms with Crippen LogP contribution >= 0.6 is 7.92 Å². The van der Waals surface area contributed by atoms with E-state index in [2.05, 4.69) is 139 Å². The van der Waals surface area contributed by atoms with Gasteiger partial charge in [0.2, 0.25) is 0 Å². The summed E-state index contributed by atoms with van der Waals surface area (Å²) >= 11 is 0. The Morgan fingerprint density at radius 2 is 1.00 bits per heavy atom. The zero-order valence-electron chi connectivity index (χ0n) is 18.5. The van der Waals surface area contributed by atoms with Crippen LogP contribution in [-0.4, -0.2) is 4.57 Å². The van der Waals surface area contributed by atoms with Crippen molar-refractivity contribution in [1.29, 1.82) is 0 Å². The maximum absolute atomic E-state index is 2.46. The molecule has 33 heavy (non-hydrogen) atoms. The predicted octanol–water partition coefficient (Wildman–Crippen LogP) is 6.85. The van der Waals surface area contributed by atoms with Crippen LogP contribution in [0.3, 0.4) is 0 Å². The lowest BCUT2D eigenvalue weighted by Crippen LogP contribution is -2.24. The highest BCUT2D eigenvalue weighted by Crippen LogP contribution is 2.38. The molecule has 1 aromatic heterocycles. The van der Waals surface area contributed by atoms with Crippen LogP contribution < -0.4 is 15.9 Å². The molecule has 0 spiro atoms. The third-order valence-electron chi connectivity index (χ3n) is 6.22. The topological polar surface area (TPSA) is 4.93 Å². The van der Waals surface area contributed by atoms with E-state index in [-0.39, 0.29) is 0 Å². The quantitative estimate of drug-likeness (QED) is 0.264. The number of para-hydroxylation sites is 2. The smallest absolute Gasteiger partial charge is 0.0545 e. The summed E-state index contributed by atoms with van der Waals surface area (Å²) in [6.07, 6.45) is 0. The summed E-state index contributed by atoms with van der Waals surface area (Å²) in [5.74, 6) is 0. The van der Waals surface area contributed by atoms with E-state index in [0.717, 1.165) is 0 Å². The Kier molecular flexibility index (Phi) is 5.06. The molecule has 0 aliphatic rings. The van der Waals surface area contributed by atoms with Crippen molar-refractivity contribution in [3.63, 3.8) is 0 Å². The van der Waals surface area contributed by atoms with Crippen molar-refractivity contribution in [2.24, 2.45) is 0 Å². The molecule has 158 valence electrons. The van der Waals surface area contributed by atoms with Gasteiger partial charge in [-0.3, -0.25) is 0 Å². The number of hydrogen-bond acceptors (Lipinski definition) is 0. The molecule has 0 unspecified atom stereocenters. The van der Waals surface area contributed by atoms with E-state index < -0.39 is 7.92 Å². The van der Waals surface area contributed by atoms with Crippen LogP contribution in [0, 0.1) is 6.92 Å². The maximum atomic E-state index is 2.46. The number of benzene rings is 5. The number of nitrogens with zero attached hydrogens (tertiary/aromatic N) is 1. The molecular weight excluding hydrogens is 417 g/mol. The Bertz CT molecular complexity index is 1470. The van der Waals surface area contributed by atoms with Crippen molar-refractivity contribution in [2.75, 3.05) is 0 Å². The highest BCUT2D eigenvalue weighted by atomic mass is 31.1. The molecule has 0 aliphatic heterocycles. The molecule has 0 aliphatic carbocycles. The van der Waals surface area contributed by atoms with E-state index in [1.807, 2.05) is 0 Å². The molecule has 0 atom stereocenters. The summed E-state index contributed by atoms with van der Waals surface area (Å²) in [4.78, 5) is 0. The van der Waals surface area contributed by atoms with Gasteiger partial charge < -0.3 is 4.57 Å². The summed E-state index contributed by atoms with van der Waals surface area (Å²) in [7, 11) is -0.719. The lowest BCUT2D eigenvalue weighted by Gasteiger charge is -2.24. The van der Waals surface area contributed by atoms with Crippen molar-refractivity contribution in [2.45, 2.75) is 6.92 Å². The molecule has 6 rings (SSSR count). The van der Waals surface area contributed by atoms with E-state index in [9.17, 15) is 0 Å². The minimum absolute atomic E-state index is 0.719. The summed E-state index contributed by atoms with van der Waals surface area (Å²) in [6, 6.07) is 46.4. The van der Waals surface area contributed by atoms with Gasteiger partial charge in [-0.15, -0.1) is 0 Å². The summed E-state index contributed by atoms with van der Waals surface area (Å²) in [5, 5.41) is 6.71. The van der Waals surface area contributed by atoms with Gasteiger partial charge in [0.1, 0.15) is 0 Å². The van der Waals surface area contributed by atoms with Crippen LogP contribution in [0.5, 0.6) is 0 Å². The van der Waals surface area contributed by atoms with Gasteiger partial charge in [0.25, 0.3) is 0 Å². The fraction of sp³-hybridized carbons (Fsp3) is 0.0323. The molecule has 0 amide bonds. The van der Waals surface area contributed by atoms with Crippen molar-refractivity contribution in [1.82, 2.24) is 4.57 Å². The molecular formula is C31H24NP. The standard InChI is InChI=1S/C31H24NP/c1-23-20-21-30(32-28-18-10-8-16-26(28)27-17-9-11-19-29(27)32)31(22-23)33(24-12-4-2-5-13-24)25-14-6-3-7-15-25/h2-22H,1H3. The molecule has 2 heteroatoms. The molecule has 0 bridgehead atoms. The van der Waals surface area contributed by atoms with Crippen LogP contribution in [0.2, 0.25) is 0 Å². The first-order chi connectivity index (χ1) is 16.3. The van der Waals surface area contributed by atoms with Crippen molar-refractivity contribution >= 4 is 45.6 Å². The van der Waals surface area contributed by atoms with Crippen molar-refractivity contribution in [3.05, 3.63) is 133 Å². The Morgan fingerprint density at radius 1 is 0.515 bits per heavy atom. The lowest BCUT2D eigenvalue weighted by atomic mass is 10.2. The normalized spacial score (nSPS) is 11.5. The van der Waals surface area contributed by atoms with E-state index >= 15 is 0 Å². The highest BCUT2D eigenvalue weighted by Gasteiger charge is 2.22. The Morgan fingerprint density at radius 3 is 1.55 bits per heavy atom. The first-order valence-corrected chi connectivity index (χ1v) is 12.6. The maximum Gasteiger partial charge on any atom is 0.0545 e. The molecule has 1 nitrogen and oxygen atoms in total. The molecule has 6 aromatic rings. The second kappa shape index (κ2) is 8.35. The first-order valence-electron chi connectivity index (χ1n) is 11.3. The van der Waals surface area contributed by atoms with Gasteiger partial charge >= 0.3 is 0 Å². The van der Waals surface area contributed by atoms with Crippen LogP contribution in [0.1, 0.15) is 5.56 Å². The Balaban J connectivity index is 1.71. The molecule has 1 heterocycles. The summed E-state index contributed by atoms with van der Waals surface area (Å²) in [6.45, 7) is 2.20. The SMILES string of the molecule is Cc1ccc(-n2c3ccccc3c3ccccc32)c(P(c2ccccc2)c2ccccc2)c1. The van der Waals surface area contributed by atoms with Gasteiger partial charge in [0.05, 0.1) is 16.7 Å². The van der Waals surface area contributed by atoms with E-state index in [0.29, 0.717) is 0 Å². The molecule has 0 N–H and O–H groups in total. The molecule has 0 fully saturated rings. The van der Waals surface area contributed by atoms with Crippen LogP contribution in [0.15, 0.2) is 127 Å². The fourth-order valence-electron chi connectivity index (χ4n) is 4.77. The molecule has 5 aromatic carbocycles. The Labute approximate surface area is 195 Å². The van der Waals surface area contributed by atoms with Crippen LogP contribution in [0.25, 0.3) is 27.5 Å². The van der Waals surface area contributed by atoms with Gasteiger partial charge in [0, 0.05) is 16.1 Å². The van der Waals surface area contributed by atoms with Gasteiger partial charge in [-0.25, -0.2) is 0 Å². The summed E-state index contributed by atoms with van der Waals surface area (Å²) < 4.78 is 2.46. The lowest BCUT2D eigenvalue weighted by molar-refractivity contribution is 1.19. The largest absolute Gasteiger partial charge is 0.309 e. The van der Waals surface area contributed by atoms with E-state index in [1.54, 1.807) is 0 Å². The first kappa shape index (κ1) is 20.0. The third-order valence-corrected chi connectivity index (χ3v) is 8.69. The van der Waals surface area contributed by atoms with Crippen molar-refractivity contribution < 1.29 is 0 Å². The number of hydrogen-bond donors (Lipinski definition) is 0. The minimum Gasteiger partial charge on any atom is -0.309 e. The molecule has 0 saturated carbocycles. The average Bonchev–Trinajstić information content (AvgIpc) is 3.20. The number of fused-ring (bicyclic) bond motifs is 3. The zero-order chi connectivity index (χ0) is 22.2. The number of aryl methyl sites for hydroxylation is 1. The zero-order valence-corrected chi connectivity index (χ0v) is 19.4. The second-order valence-electron chi connectivity index (χ2n) is 8.37.